The van der Waals surface area contributed by atoms with Crippen molar-refractivity contribution in [1.29, 1.82) is 0 Å². The molecule has 0 rings (SSSR count). The second kappa shape index (κ2) is 52.9. The van der Waals surface area contributed by atoms with Gasteiger partial charge >= 0.3 is 0 Å². The summed E-state index contributed by atoms with van der Waals surface area (Å²) < 4.78 is 0. The van der Waals surface area contributed by atoms with E-state index in [0.717, 1.165) is 0 Å². The molecule has 578 valence electrons. The molecular formula is C60H116N30O11S. The van der Waals surface area contributed by atoms with E-state index in [0.29, 0.717) is 0 Å². The number of nitrogens with zero attached hydrogens (tertiary/aromatic N) is 8. The predicted molar refractivity (Wildman–Crippen MR) is 395 cm³/mol. The molecule has 0 aliphatic carbocycles. The van der Waals surface area contributed by atoms with E-state index >= 15 is 0 Å². The van der Waals surface area contributed by atoms with Gasteiger partial charge in [-0.15, -0.1) is 0 Å². The SMILES string of the molecule is CC[C@@H](CO)C(=O)N[C@H](CCCN=C(N)N)C(=O)C[C@H](CCCN=C(N)N)C(=O)N[C@H](CCCN=C(N)N)C(=O)C[C@H](CCCN=C(N)N)C(=O)N[C@H](CCCN=C(N)N)C(=O)C[C@H](CCCN=C(N)N)C(=O)N[C@H](CCCN=C(N)N)C(=O)C[C@H](CCCN=C(N)N)C(=O)N[C@H](CS)C(N)=O. The number of hydrogen-bond donors (Lipinski definition) is 24. The maximum absolute atomic E-state index is 15.0. The number of aliphatic imine (C=N–C) groups is 8. The molecule has 0 aromatic rings. The molecule has 41 nitrogen and oxygen atoms in total. The summed E-state index contributed by atoms with van der Waals surface area (Å²) in [4.78, 5) is 174. The summed E-state index contributed by atoms with van der Waals surface area (Å²) >= 11 is 4.12. The first-order chi connectivity index (χ1) is 48.1. The molecule has 40 N–H and O–H groups in total. The summed E-state index contributed by atoms with van der Waals surface area (Å²) in [5.74, 6) is -15.0. The summed E-state index contributed by atoms with van der Waals surface area (Å²) in [6.07, 6.45) is -1.18. The fourth-order valence-electron chi connectivity index (χ4n) is 10.3. The number of thiol groups is 1. The van der Waals surface area contributed by atoms with Gasteiger partial charge in [0.2, 0.25) is 35.4 Å². The number of aliphatic hydroxyl groups excluding tert-OH is 1. The van der Waals surface area contributed by atoms with Crippen LogP contribution in [0.4, 0.5) is 0 Å². The first-order valence-electron chi connectivity index (χ1n) is 33.7. The van der Waals surface area contributed by atoms with Gasteiger partial charge in [-0.25, -0.2) is 0 Å². The average Bonchev–Trinajstić information content (AvgIpc) is 0.862. The third kappa shape index (κ3) is 43.5. The number of hydrogen-bond acceptors (Lipinski definition) is 20. The lowest BCUT2D eigenvalue weighted by Crippen LogP contribution is -2.50. The Hall–Kier alpha value is -10.0. The van der Waals surface area contributed by atoms with Gasteiger partial charge < -0.3 is 129 Å². The van der Waals surface area contributed by atoms with E-state index in [-0.39, 0.29) is 215 Å². The van der Waals surface area contributed by atoms with Gasteiger partial charge in [0.25, 0.3) is 0 Å². The van der Waals surface area contributed by atoms with Gasteiger partial charge in [-0.05, 0) is 109 Å². The topological polar surface area (TPSA) is 792 Å². The predicted octanol–water partition coefficient (Wildman–Crippen LogP) is -8.43. The Morgan fingerprint density at radius 2 is 0.471 bits per heavy atom. The minimum atomic E-state index is -1.41. The van der Waals surface area contributed by atoms with Crippen LogP contribution in [0, 0.1) is 29.6 Å². The Labute approximate surface area is 600 Å². The van der Waals surface area contributed by atoms with Crippen LogP contribution in [0.15, 0.2) is 39.9 Å². The number of Topliss-reactive ketones (excluding diaryl/α,β-unsaturated/α-hetero) is 4. The van der Waals surface area contributed by atoms with Crippen LogP contribution >= 0.6 is 12.6 Å². The fraction of sp³-hybridized carbons (Fsp3) is 0.700. The minimum Gasteiger partial charge on any atom is -0.396 e. The normalized spacial score (nSPS) is 13.8. The second-order valence-electron chi connectivity index (χ2n) is 24.2. The van der Waals surface area contributed by atoms with Crippen molar-refractivity contribution in [3.05, 3.63) is 0 Å². The lowest BCUT2D eigenvalue weighted by atomic mass is 9.88. The Kier molecular flexibility index (Phi) is 47.7. The molecule has 0 unspecified atom stereocenters. The molecule has 0 saturated heterocycles. The molecule has 0 radical (unpaired) electrons. The third-order valence-electron chi connectivity index (χ3n) is 15.8. The number of guanidine groups is 8. The molecule has 0 fully saturated rings. The Balaban J connectivity index is 7.91. The van der Waals surface area contributed by atoms with Crippen molar-refractivity contribution in [1.82, 2.24) is 26.6 Å². The number of ketones is 4. The standard InChI is InChI=1S/C60H116N30O11S/c1-2-33(31-91)48(97)86-38(15-7-23-82-57(70)71)43(92)27-34(11-3-19-78-53(62)63)49(98)87-39(16-8-24-83-58(72)73)44(93)28-35(12-4-20-79-54(64)65)50(99)88-40(17-9-25-84-59(74)75)45(94)29-36(13-5-21-80-55(66)67)51(100)89-41(18-10-26-85-60(76)77)46(95)30-37(14-6-22-81-56(68)69)52(101)90-42(32-102)47(61)96/h33-42,91,102H,2-32H2,1H3,(H2,61,96)(H,86,97)(H,87,98)(H,88,99)(H,89,100)(H,90,101)(H4,62,63,78)(H4,64,65,79)(H4,66,67,80)(H4,68,69,81)(H4,70,71,82)(H4,72,73,83)(H4,74,75,84)(H4,76,77,85)/t33-,34-,35-,36-,37-,38+,39+,40+,41+,42+/m0/s1. The molecule has 0 bridgehead atoms. The van der Waals surface area contributed by atoms with E-state index in [4.69, 9.17) is 97.5 Å². The molecule has 0 spiro atoms. The van der Waals surface area contributed by atoms with Crippen LogP contribution in [0.2, 0.25) is 0 Å². The second-order valence-corrected chi connectivity index (χ2v) is 24.6. The van der Waals surface area contributed by atoms with Crippen LogP contribution in [-0.4, -0.2) is 206 Å². The molecule has 0 saturated carbocycles. The van der Waals surface area contributed by atoms with Crippen LogP contribution in [0.25, 0.3) is 0 Å². The van der Waals surface area contributed by atoms with Crippen molar-refractivity contribution in [2.75, 3.05) is 64.7 Å². The Morgan fingerprint density at radius 1 is 0.294 bits per heavy atom. The van der Waals surface area contributed by atoms with Gasteiger partial charge in [-0.3, -0.25) is 87.9 Å². The molecule has 0 heterocycles. The number of aliphatic hydroxyl groups is 1. The summed E-state index contributed by atoms with van der Waals surface area (Å²) in [5.41, 5.74) is 94.9. The van der Waals surface area contributed by atoms with E-state index in [9.17, 15) is 53.1 Å². The molecule has 0 aliphatic heterocycles. The van der Waals surface area contributed by atoms with Gasteiger partial charge in [-0.1, -0.05) is 6.92 Å². The van der Waals surface area contributed by atoms with Crippen molar-refractivity contribution in [2.24, 2.45) is 167 Å². The number of primary amides is 1. The minimum absolute atomic E-state index is 0.00687. The van der Waals surface area contributed by atoms with Crippen LogP contribution < -0.4 is 124 Å². The number of rotatable bonds is 58. The van der Waals surface area contributed by atoms with Crippen LogP contribution in [-0.2, 0) is 47.9 Å². The molecule has 0 aliphatic rings. The van der Waals surface area contributed by atoms with E-state index in [1.54, 1.807) is 6.92 Å². The van der Waals surface area contributed by atoms with Gasteiger partial charge in [0, 0.05) is 107 Å². The number of amides is 6. The fourth-order valence-corrected chi connectivity index (χ4v) is 10.6. The average molecular weight is 1470 g/mol. The van der Waals surface area contributed by atoms with Crippen molar-refractivity contribution in [3.63, 3.8) is 0 Å². The molecule has 42 heteroatoms. The summed E-state index contributed by atoms with van der Waals surface area (Å²) in [5, 5.41) is 23.5. The van der Waals surface area contributed by atoms with E-state index in [1.807, 2.05) is 0 Å². The van der Waals surface area contributed by atoms with Crippen molar-refractivity contribution < 1.29 is 53.1 Å². The molecule has 0 aromatic carbocycles. The van der Waals surface area contributed by atoms with Crippen molar-refractivity contribution in [2.45, 2.75) is 172 Å². The Morgan fingerprint density at radius 3 is 0.627 bits per heavy atom. The van der Waals surface area contributed by atoms with Crippen molar-refractivity contribution >= 4 is 119 Å². The van der Waals surface area contributed by atoms with Gasteiger partial charge in [0.05, 0.1) is 36.7 Å². The van der Waals surface area contributed by atoms with Gasteiger partial charge in [0.1, 0.15) is 6.04 Å². The van der Waals surface area contributed by atoms with Crippen molar-refractivity contribution in [3.8, 4) is 0 Å². The maximum atomic E-state index is 15.0. The zero-order valence-electron chi connectivity index (χ0n) is 58.6. The molecular weight excluding hydrogens is 1350 g/mol. The molecule has 10 atom stereocenters. The zero-order chi connectivity index (χ0) is 77.3. The monoisotopic (exact) mass is 1460 g/mol. The van der Waals surface area contributed by atoms with E-state index in [1.165, 1.54) is 0 Å². The smallest absolute Gasteiger partial charge is 0.240 e. The van der Waals surface area contributed by atoms with E-state index in [2.05, 4.69) is 79.2 Å². The summed E-state index contributed by atoms with van der Waals surface area (Å²) in [6.45, 7) is 1.32. The number of nitrogens with one attached hydrogen (secondary N) is 5. The lowest BCUT2D eigenvalue weighted by molar-refractivity contribution is -0.136. The number of carbonyl (C=O) groups is 10. The highest BCUT2D eigenvalue weighted by Gasteiger charge is 2.36. The Bertz CT molecular complexity index is 2890. The quantitative estimate of drug-likeness (QED) is 0.0116. The van der Waals surface area contributed by atoms with E-state index < -0.39 is 151 Å². The largest absolute Gasteiger partial charge is 0.396 e. The lowest BCUT2D eigenvalue weighted by Gasteiger charge is -2.27. The van der Waals surface area contributed by atoms with Crippen LogP contribution in [0.1, 0.15) is 142 Å². The molecule has 0 aromatic heterocycles. The van der Waals surface area contributed by atoms with Gasteiger partial charge in [0.15, 0.2) is 70.8 Å². The summed E-state index contributed by atoms with van der Waals surface area (Å²) in [6, 6.07) is -6.49. The van der Waals surface area contributed by atoms with Crippen LogP contribution in [0.3, 0.4) is 0 Å². The molecule has 102 heavy (non-hydrogen) atoms. The first-order valence-corrected chi connectivity index (χ1v) is 34.4. The van der Waals surface area contributed by atoms with Gasteiger partial charge in [-0.2, -0.15) is 12.6 Å². The number of carbonyl (C=O) groups excluding carboxylic acids is 10. The highest BCUT2D eigenvalue weighted by atomic mass is 32.1. The third-order valence-corrected chi connectivity index (χ3v) is 16.2. The van der Waals surface area contributed by atoms with Crippen LogP contribution in [0.5, 0.6) is 0 Å². The summed E-state index contributed by atoms with van der Waals surface area (Å²) in [7, 11) is 0. The zero-order valence-corrected chi connectivity index (χ0v) is 59.5. The first kappa shape index (κ1) is 92.0. The maximum Gasteiger partial charge on any atom is 0.240 e. The highest BCUT2D eigenvalue weighted by molar-refractivity contribution is 7.80. The highest BCUT2D eigenvalue weighted by Crippen LogP contribution is 2.23. The molecule has 6 amide bonds. The number of nitrogens with two attached hydrogens (primary N) is 17.